The molecule has 0 amide bonds. The van der Waals surface area contributed by atoms with Gasteiger partial charge in [0, 0.05) is 36.4 Å². The summed E-state index contributed by atoms with van der Waals surface area (Å²) in [6.45, 7) is 2.03. The van der Waals surface area contributed by atoms with Crippen molar-refractivity contribution in [3.05, 3.63) is 158 Å². The largest absolute Gasteiger partial charge is 0.313 e. The molecule has 6 rings (SSSR count). The summed E-state index contributed by atoms with van der Waals surface area (Å²) < 4.78 is 17.8. The van der Waals surface area contributed by atoms with E-state index in [0.29, 0.717) is 0 Å². The summed E-state index contributed by atoms with van der Waals surface area (Å²) in [5.41, 5.74) is -0.0283. The fourth-order valence-corrected chi connectivity index (χ4v) is 11.7. The molecule has 42 heavy (non-hydrogen) atoms. The summed E-state index contributed by atoms with van der Waals surface area (Å²) in [5.74, 6) is 2.34. The summed E-state index contributed by atoms with van der Waals surface area (Å²) in [5, 5.41) is 6.96. The van der Waals surface area contributed by atoms with Crippen LogP contribution in [0.2, 0.25) is 0 Å². The first-order valence-electron chi connectivity index (χ1n) is 14.4. The van der Waals surface area contributed by atoms with Crippen molar-refractivity contribution < 1.29 is 4.57 Å². The van der Waals surface area contributed by atoms with Gasteiger partial charge in [0.25, 0.3) is 0 Å². The van der Waals surface area contributed by atoms with Crippen LogP contribution in [0.15, 0.2) is 158 Å². The summed E-state index contributed by atoms with van der Waals surface area (Å²) in [7, 11) is -3.61. The Morgan fingerprint density at radius 1 is 0.738 bits per heavy atom. The van der Waals surface area contributed by atoms with Crippen molar-refractivity contribution in [1.29, 1.82) is 0 Å². The fraction of sp³-hybridized carbons (Fsp3) is 0.105. The second-order valence-corrected chi connectivity index (χ2v) is 16.5. The lowest BCUT2D eigenvalue weighted by atomic mass is 10.1. The van der Waals surface area contributed by atoms with Crippen LogP contribution in [0.5, 0.6) is 0 Å². The van der Waals surface area contributed by atoms with Gasteiger partial charge in [0.05, 0.1) is 0 Å². The smallest absolute Gasteiger partial charge is 0.149 e. The Hall–Kier alpha value is -3.54. The van der Waals surface area contributed by atoms with Gasteiger partial charge in [-0.25, -0.2) is 0 Å². The molecule has 208 valence electrons. The van der Waals surface area contributed by atoms with Gasteiger partial charge in [-0.2, -0.15) is 0 Å². The molecule has 1 heterocycles. The van der Waals surface area contributed by atoms with Crippen molar-refractivity contribution >= 4 is 67.8 Å². The van der Waals surface area contributed by atoms with Crippen molar-refractivity contribution in [1.82, 2.24) is 0 Å². The van der Waals surface area contributed by atoms with Gasteiger partial charge < -0.3 is 4.57 Å². The number of fused-ring (bicyclic) bond motifs is 3. The van der Waals surface area contributed by atoms with Crippen LogP contribution in [-0.2, 0) is 4.57 Å². The van der Waals surface area contributed by atoms with Crippen molar-refractivity contribution in [2.75, 3.05) is 0 Å². The Labute approximate surface area is 254 Å². The SMILES string of the molecule is C\C=C/C=C\C=C\P(c1ccccc1)c1ccc2sc3ccc(P(=O)(c4ccccc4)C4C=CC=CCC4)cc3c2c1. The van der Waals surface area contributed by atoms with Crippen LogP contribution in [0, 0.1) is 0 Å². The molecule has 1 aliphatic rings. The number of thiophene rings is 1. The van der Waals surface area contributed by atoms with E-state index >= 15 is 4.57 Å². The van der Waals surface area contributed by atoms with E-state index in [1.165, 1.54) is 30.8 Å². The molecule has 0 saturated heterocycles. The molecular weight excluding hydrogens is 566 g/mol. The molecule has 0 radical (unpaired) electrons. The Bertz CT molecular complexity index is 1880. The molecular formula is C38H34OP2S. The highest BCUT2D eigenvalue weighted by atomic mass is 32.1. The van der Waals surface area contributed by atoms with Gasteiger partial charge in [-0.05, 0) is 68.6 Å². The third-order valence-corrected chi connectivity index (χ3v) is 14.5. The molecule has 5 aromatic rings. The van der Waals surface area contributed by atoms with Crippen molar-refractivity contribution in [3.63, 3.8) is 0 Å². The van der Waals surface area contributed by atoms with Crippen LogP contribution in [0.4, 0.5) is 0 Å². The highest BCUT2D eigenvalue weighted by Gasteiger charge is 2.35. The number of hydrogen-bond acceptors (Lipinski definition) is 2. The normalized spacial score (nSPS) is 17.9. The van der Waals surface area contributed by atoms with E-state index in [1.807, 2.05) is 60.7 Å². The molecule has 1 aromatic heterocycles. The minimum absolute atomic E-state index is 0.0283. The molecule has 1 nitrogen and oxygen atoms in total. The molecule has 1 aliphatic carbocycles. The van der Waals surface area contributed by atoms with Gasteiger partial charge in [0.2, 0.25) is 0 Å². The summed E-state index contributed by atoms with van der Waals surface area (Å²) in [6.07, 6.45) is 20.7. The molecule has 4 aromatic carbocycles. The lowest BCUT2D eigenvalue weighted by molar-refractivity contribution is 0.580. The van der Waals surface area contributed by atoms with Crippen LogP contribution in [-0.4, -0.2) is 5.66 Å². The molecule has 0 spiro atoms. The third-order valence-electron chi connectivity index (χ3n) is 7.71. The fourth-order valence-electron chi connectivity index (χ4n) is 5.61. The van der Waals surface area contributed by atoms with Gasteiger partial charge in [-0.1, -0.05) is 127 Å². The second-order valence-electron chi connectivity index (χ2n) is 10.4. The maximum absolute atomic E-state index is 15.3. The van der Waals surface area contributed by atoms with Crippen molar-refractivity contribution in [3.8, 4) is 0 Å². The zero-order valence-electron chi connectivity index (χ0n) is 23.7. The standard InChI is InChI=1S/C38H34OP2S/c1-2-3-4-7-16-27-40(30-17-10-8-11-18-30)31-23-25-37-35(28-31)36-29-34(24-26-38(36)42-37)41(39,33-21-14-9-15-22-33)32-19-12-5-6-13-20-32/h2-12,14-19,21-29,32H,13,20H2,1H3/b3-2-,7-4-,27-16+. The van der Waals surface area contributed by atoms with Crippen molar-refractivity contribution in [2.45, 2.75) is 25.4 Å². The number of benzene rings is 4. The van der Waals surface area contributed by atoms with Gasteiger partial charge in [-0.15, -0.1) is 11.3 Å². The molecule has 0 fully saturated rings. The molecule has 0 aliphatic heterocycles. The molecule has 0 saturated carbocycles. The first kappa shape index (κ1) is 28.6. The quantitative estimate of drug-likeness (QED) is 0.128. The predicted molar refractivity (Wildman–Crippen MR) is 190 cm³/mol. The highest BCUT2D eigenvalue weighted by molar-refractivity contribution is 7.79. The van der Waals surface area contributed by atoms with Gasteiger partial charge >= 0.3 is 0 Å². The number of rotatable bonds is 8. The molecule has 4 heteroatoms. The molecule has 0 bridgehead atoms. The summed E-state index contributed by atoms with van der Waals surface area (Å²) in [4.78, 5) is 0. The highest BCUT2D eigenvalue weighted by Crippen LogP contribution is 2.52. The minimum atomic E-state index is -2.93. The molecule has 0 N–H and O–H groups in total. The zero-order chi connectivity index (χ0) is 28.8. The van der Waals surface area contributed by atoms with E-state index in [1.54, 1.807) is 0 Å². The van der Waals surface area contributed by atoms with Gasteiger partial charge in [-0.3, -0.25) is 0 Å². The lowest BCUT2D eigenvalue weighted by Crippen LogP contribution is -2.24. The Morgan fingerprint density at radius 3 is 2.24 bits per heavy atom. The zero-order valence-corrected chi connectivity index (χ0v) is 26.3. The Balaban J connectivity index is 1.49. The number of hydrogen-bond donors (Lipinski definition) is 0. The van der Waals surface area contributed by atoms with Crippen LogP contribution in [0.1, 0.15) is 19.8 Å². The Kier molecular flexibility index (Phi) is 8.97. The average Bonchev–Trinajstić information content (AvgIpc) is 3.19. The molecule has 3 atom stereocenters. The third kappa shape index (κ3) is 5.86. The number of allylic oxidation sites excluding steroid dienone is 9. The minimum Gasteiger partial charge on any atom is -0.313 e. The first-order chi connectivity index (χ1) is 20.7. The summed E-state index contributed by atoms with van der Waals surface area (Å²) >= 11 is 1.82. The van der Waals surface area contributed by atoms with E-state index < -0.39 is 15.1 Å². The Morgan fingerprint density at radius 2 is 1.45 bits per heavy atom. The van der Waals surface area contributed by atoms with Gasteiger partial charge in [0.15, 0.2) is 0 Å². The van der Waals surface area contributed by atoms with E-state index in [2.05, 4.69) is 115 Å². The lowest BCUT2D eigenvalue weighted by Gasteiger charge is -2.26. The maximum atomic E-state index is 15.3. The van der Waals surface area contributed by atoms with Crippen LogP contribution >= 0.6 is 26.4 Å². The summed E-state index contributed by atoms with van der Waals surface area (Å²) in [6, 6.07) is 34.4. The van der Waals surface area contributed by atoms with Crippen molar-refractivity contribution in [2.24, 2.45) is 0 Å². The predicted octanol–water partition coefficient (Wildman–Crippen LogP) is 9.72. The van der Waals surface area contributed by atoms with E-state index in [4.69, 9.17) is 0 Å². The second kappa shape index (κ2) is 13.2. The average molecular weight is 601 g/mol. The first-order valence-corrected chi connectivity index (χ1v) is 18.4. The maximum Gasteiger partial charge on any atom is 0.149 e. The van der Waals surface area contributed by atoms with Crippen LogP contribution in [0.25, 0.3) is 20.2 Å². The van der Waals surface area contributed by atoms with Crippen LogP contribution < -0.4 is 21.2 Å². The van der Waals surface area contributed by atoms with E-state index in [0.717, 1.165) is 23.5 Å². The topological polar surface area (TPSA) is 17.1 Å². The van der Waals surface area contributed by atoms with E-state index in [9.17, 15) is 0 Å². The van der Waals surface area contributed by atoms with Gasteiger partial charge in [0.1, 0.15) is 7.14 Å². The molecule has 3 unspecified atom stereocenters. The van der Waals surface area contributed by atoms with E-state index in [-0.39, 0.29) is 5.66 Å². The monoisotopic (exact) mass is 600 g/mol. The van der Waals surface area contributed by atoms with Crippen LogP contribution in [0.3, 0.4) is 0 Å².